The Hall–Kier alpha value is -8.95. The van der Waals surface area contributed by atoms with Crippen molar-refractivity contribution < 1.29 is 27.4 Å². The summed E-state index contributed by atoms with van der Waals surface area (Å²) in [6.07, 6.45) is 15.3. The van der Waals surface area contributed by atoms with E-state index in [0.717, 1.165) is 167 Å². The topological polar surface area (TPSA) is 197 Å². The lowest BCUT2D eigenvalue weighted by Crippen LogP contribution is -2.39. The second-order valence-corrected chi connectivity index (χ2v) is 32.0. The molecule has 107 heavy (non-hydrogen) atoms. The van der Waals surface area contributed by atoms with Gasteiger partial charge in [-0.25, -0.2) is 18.4 Å². The minimum absolute atomic E-state index is 0.0563. The van der Waals surface area contributed by atoms with Crippen LogP contribution in [0.2, 0.25) is 0 Å². The van der Waals surface area contributed by atoms with Gasteiger partial charge in [-0.05, 0) is 187 Å². The SMILES string of the molecule is CC(C)c1ccc2ncn(CCN3CCCC3)c(=O)c2c1.CC(C)c1ccc2ncn(CCN3CCOCC3)c(=O)c2c1.CC(C)c1ccnc(-c2ccc(C(=O)CC3CCOCC3)cc2)c1.CC(C)c1ccnc(-c2ccc(N3CCOCC3)cc2)c1.CC(C)c1ccnc(-c2ccc(S(C)(=O)=O)cc2)c1. The molecule has 0 amide bonds. The van der Waals surface area contributed by atoms with Crippen molar-refractivity contribution in [1.29, 1.82) is 0 Å². The van der Waals surface area contributed by atoms with Crippen molar-refractivity contribution in [2.45, 2.75) is 149 Å². The van der Waals surface area contributed by atoms with E-state index in [1.54, 1.807) is 52.3 Å². The quantitative estimate of drug-likeness (QED) is 0.0692. The number of rotatable bonds is 19. The molecule has 0 unspecified atom stereocenters. The van der Waals surface area contributed by atoms with Crippen LogP contribution in [0, 0.1) is 5.92 Å². The number of nitrogens with zero attached hydrogens (tertiary/aromatic N) is 10. The summed E-state index contributed by atoms with van der Waals surface area (Å²) < 4.78 is 42.4. The van der Waals surface area contributed by atoms with Crippen LogP contribution in [0.15, 0.2) is 191 Å². The third kappa shape index (κ3) is 23.3. The number of fused-ring (bicyclic) bond motifs is 2. The van der Waals surface area contributed by atoms with Crippen molar-refractivity contribution in [3.63, 3.8) is 0 Å². The van der Waals surface area contributed by atoms with Crippen molar-refractivity contribution in [2.24, 2.45) is 5.92 Å². The first kappa shape index (κ1) is 80.6. The van der Waals surface area contributed by atoms with Crippen LogP contribution in [0.1, 0.15) is 169 Å². The smallest absolute Gasteiger partial charge is 0.261 e. The molecule has 5 aromatic carbocycles. The van der Waals surface area contributed by atoms with Gasteiger partial charge >= 0.3 is 0 Å². The number of anilines is 1. The van der Waals surface area contributed by atoms with E-state index in [4.69, 9.17) is 14.2 Å². The lowest BCUT2D eigenvalue weighted by Gasteiger charge is -2.28. The molecule has 19 heteroatoms. The fraction of sp³-hybridized carbons (Fsp3) is 0.432. The van der Waals surface area contributed by atoms with E-state index in [0.29, 0.717) is 53.4 Å². The first-order valence-corrected chi connectivity index (χ1v) is 40.3. The lowest BCUT2D eigenvalue weighted by molar-refractivity contribution is 0.0362. The maximum atomic E-state index is 12.7. The number of carbonyl (C=O) groups excluding carboxylic acids is 1. The highest BCUT2D eigenvalue weighted by Crippen LogP contribution is 2.29. The molecule has 0 saturated carbocycles. The summed E-state index contributed by atoms with van der Waals surface area (Å²) in [5.41, 5.74) is 16.0. The number of ether oxygens (including phenoxy) is 3. The van der Waals surface area contributed by atoms with Crippen LogP contribution in [0.5, 0.6) is 0 Å². The highest BCUT2D eigenvalue weighted by atomic mass is 32.2. The second-order valence-electron chi connectivity index (χ2n) is 29.9. The molecule has 10 aromatic rings. The van der Waals surface area contributed by atoms with Gasteiger partial charge in [0.05, 0.1) is 82.9 Å². The first-order valence-electron chi connectivity index (χ1n) is 38.4. The molecular formula is C88H110N10O8S. The summed E-state index contributed by atoms with van der Waals surface area (Å²) >= 11 is 0. The zero-order chi connectivity index (χ0) is 76.0. The molecule has 9 heterocycles. The zero-order valence-electron chi connectivity index (χ0n) is 64.7. The van der Waals surface area contributed by atoms with Gasteiger partial charge in [0.2, 0.25) is 0 Å². The monoisotopic (exact) mass is 1470 g/mol. The Morgan fingerprint density at radius 3 is 1.21 bits per heavy atom. The molecule has 0 bridgehead atoms. The first-order chi connectivity index (χ1) is 51.5. The van der Waals surface area contributed by atoms with Crippen molar-refractivity contribution in [1.82, 2.24) is 43.9 Å². The van der Waals surface area contributed by atoms with Crippen LogP contribution in [-0.2, 0) is 37.1 Å². The molecule has 5 aromatic heterocycles. The molecule has 0 N–H and O–H groups in total. The number of hydrogen-bond donors (Lipinski definition) is 0. The Morgan fingerprint density at radius 2 is 0.804 bits per heavy atom. The van der Waals surface area contributed by atoms with E-state index < -0.39 is 9.84 Å². The molecule has 0 spiro atoms. The van der Waals surface area contributed by atoms with E-state index in [-0.39, 0.29) is 16.9 Å². The third-order valence-corrected chi connectivity index (χ3v) is 21.6. The largest absolute Gasteiger partial charge is 0.381 e. The number of aromatic nitrogens is 7. The number of benzene rings is 5. The van der Waals surface area contributed by atoms with Gasteiger partial charge in [0.15, 0.2) is 15.6 Å². The number of carbonyl (C=O) groups is 1. The van der Waals surface area contributed by atoms with Crippen LogP contribution in [0.25, 0.3) is 55.6 Å². The molecular weight excluding hydrogens is 1360 g/mol. The van der Waals surface area contributed by atoms with Gasteiger partial charge in [-0.1, -0.05) is 130 Å². The third-order valence-electron chi connectivity index (χ3n) is 20.4. The fourth-order valence-corrected chi connectivity index (χ4v) is 13.9. The molecule has 4 fully saturated rings. The van der Waals surface area contributed by atoms with Gasteiger partial charge in [0.1, 0.15) is 0 Å². The molecule has 0 radical (unpaired) electrons. The number of Topliss-reactive ketones (excluding diaryl/α,β-unsaturated/α-hetero) is 1. The van der Waals surface area contributed by atoms with E-state index in [9.17, 15) is 22.8 Å². The van der Waals surface area contributed by atoms with Crippen LogP contribution in [0.4, 0.5) is 5.69 Å². The number of pyridine rings is 3. The predicted molar refractivity (Wildman–Crippen MR) is 433 cm³/mol. The van der Waals surface area contributed by atoms with Gasteiger partial charge in [0.25, 0.3) is 11.1 Å². The van der Waals surface area contributed by atoms with E-state index in [1.807, 2.05) is 73.1 Å². The Labute approximate surface area is 633 Å². The number of ketones is 1. The summed E-state index contributed by atoms with van der Waals surface area (Å²) in [7, 11) is -3.14. The average molecular weight is 1470 g/mol. The summed E-state index contributed by atoms with van der Waals surface area (Å²) in [5.74, 6) is 2.98. The van der Waals surface area contributed by atoms with E-state index >= 15 is 0 Å². The Kier molecular flexibility index (Phi) is 29.6. The molecule has 0 aliphatic carbocycles. The molecule has 14 rings (SSSR count). The van der Waals surface area contributed by atoms with Gasteiger partial charge in [-0.15, -0.1) is 0 Å². The maximum absolute atomic E-state index is 12.7. The summed E-state index contributed by atoms with van der Waals surface area (Å²) in [6, 6.07) is 47.9. The highest BCUT2D eigenvalue weighted by molar-refractivity contribution is 7.90. The predicted octanol–water partition coefficient (Wildman–Crippen LogP) is 16.3. The van der Waals surface area contributed by atoms with Crippen molar-refractivity contribution >= 4 is 43.1 Å². The zero-order valence-corrected chi connectivity index (χ0v) is 65.5. The minimum atomic E-state index is -3.14. The molecule has 0 atom stereocenters. The Bertz CT molecular complexity index is 4730. The number of hydrogen-bond acceptors (Lipinski definition) is 16. The molecule has 4 aliphatic rings. The van der Waals surface area contributed by atoms with Crippen LogP contribution >= 0.6 is 0 Å². The van der Waals surface area contributed by atoms with Crippen molar-refractivity contribution in [3.05, 3.63) is 231 Å². The normalized spacial score (nSPS) is 15.2. The summed E-state index contributed by atoms with van der Waals surface area (Å²) in [6.45, 7) is 35.7. The van der Waals surface area contributed by atoms with Crippen LogP contribution < -0.4 is 16.0 Å². The number of likely N-dealkylation sites (tertiary alicyclic amines) is 1. The van der Waals surface area contributed by atoms with Gasteiger partial charge in [0, 0.05) is 125 Å². The summed E-state index contributed by atoms with van der Waals surface area (Å²) in [5, 5.41) is 1.46. The highest BCUT2D eigenvalue weighted by Gasteiger charge is 2.21. The van der Waals surface area contributed by atoms with E-state index in [1.165, 1.54) is 58.2 Å². The van der Waals surface area contributed by atoms with Crippen LogP contribution in [-0.4, -0.2) is 156 Å². The standard InChI is InChI=1S/C21H25NO2.C18H22N2O.C17H23N3O2.C17H23N3O.C15H17NO2S/c1-15(2)19-7-10-22-20(14-19)17-3-5-18(6-4-17)21(23)13-16-8-11-24-12-9-16;1-14(2)16-7-8-19-18(13-16)15-3-5-17(6-4-15)20-9-11-21-12-10-20;1-13(2)14-3-4-16-15(11-14)17(21)20(12-18-16)6-5-19-7-9-22-10-8-19;1-13(2)14-5-6-16-15(11-14)17(21)20(12-18-16)10-9-19-7-3-4-8-19;1-11(2)13-8-9-16-15(10-13)12-4-6-14(7-5-12)19(3,17)18/h3-7,10,14-16H,8-9,11-13H2,1-2H3;3-8,13-14H,9-12H2,1-2H3;3-4,11-13H,5-10H2,1-2H3;5-6,11-13H,3-4,7-10H2,1-2H3;4-11H,1-3H3. The Balaban J connectivity index is 0.000000143. The van der Waals surface area contributed by atoms with Gasteiger partial charge in [-0.2, -0.15) is 0 Å². The van der Waals surface area contributed by atoms with Crippen molar-refractivity contribution in [2.75, 3.05) is 103 Å². The van der Waals surface area contributed by atoms with Gasteiger partial charge < -0.3 is 24.0 Å². The Morgan fingerprint density at radius 1 is 0.430 bits per heavy atom. The molecule has 4 saturated heterocycles. The van der Waals surface area contributed by atoms with Crippen LogP contribution in [0.3, 0.4) is 0 Å². The average Bonchev–Trinajstić information content (AvgIpc) is 1.13. The maximum Gasteiger partial charge on any atom is 0.261 e. The summed E-state index contributed by atoms with van der Waals surface area (Å²) in [4.78, 5) is 67.3. The van der Waals surface area contributed by atoms with Gasteiger partial charge in [-0.3, -0.25) is 43.4 Å². The minimum Gasteiger partial charge on any atom is -0.381 e. The number of morpholine rings is 2. The fourth-order valence-electron chi connectivity index (χ4n) is 13.3. The molecule has 566 valence electrons. The molecule has 18 nitrogen and oxygen atoms in total. The molecule has 4 aliphatic heterocycles. The number of sulfone groups is 1. The second kappa shape index (κ2) is 39.2. The van der Waals surface area contributed by atoms with E-state index in [2.05, 4.69) is 170 Å². The lowest BCUT2D eigenvalue weighted by atomic mass is 9.91. The van der Waals surface area contributed by atoms with Crippen molar-refractivity contribution in [3.8, 4) is 33.8 Å².